The van der Waals surface area contributed by atoms with Gasteiger partial charge in [0.05, 0.1) is 23.2 Å². The van der Waals surface area contributed by atoms with E-state index in [1.165, 1.54) is 4.31 Å². The predicted octanol–water partition coefficient (Wildman–Crippen LogP) is 7.59. The van der Waals surface area contributed by atoms with Crippen LogP contribution in [0.3, 0.4) is 0 Å². The van der Waals surface area contributed by atoms with Crippen molar-refractivity contribution in [1.82, 2.24) is 19.5 Å². The monoisotopic (exact) mass is 1070 g/mol. The van der Waals surface area contributed by atoms with Crippen LogP contribution in [0.1, 0.15) is 36.0 Å². The van der Waals surface area contributed by atoms with Gasteiger partial charge in [-0.25, -0.2) is 16.8 Å². The number of amides is 3. The Bertz CT molecular complexity index is 3910. The number of hydrogen-bond acceptors (Lipinski definition) is 10. The van der Waals surface area contributed by atoms with Gasteiger partial charge in [-0.1, -0.05) is 96.8 Å². The van der Waals surface area contributed by atoms with Gasteiger partial charge in [0.2, 0.25) is 38.8 Å². The van der Waals surface area contributed by atoms with E-state index in [0.29, 0.717) is 44.7 Å². The average Bonchev–Trinajstić information content (AvgIpc) is 3.52. The Morgan fingerprint density at radius 3 is 2.16 bits per heavy atom. The lowest BCUT2D eigenvalue weighted by Crippen LogP contribution is -2.49. The van der Waals surface area contributed by atoms with Gasteiger partial charge in [-0.3, -0.25) is 14.4 Å². The highest BCUT2D eigenvalue weighted by molar-refractivity contribution is 7.89. The molecule has 0 saturated carbocycles. The molecule has 3 aliphatic heterocycles. The van der Waals surface area contributed by atoms with Gasteiger partial charge in [0.25, 0.3) is 0 Å². The molecule has 17 heteroatoms. The summed E-state index contributed by atoms with van der Waals surface area (Å²) in [5, 5.41) is 4.24. The second-order valence-corrected chi connectivity index (χ2v) is 22.4. The van der Waals surface area contributed by atoms with Crippen LogP contribution >= 0.6 is 0 Å². The Morgan fingerprint density at radius 1 is 0.740 bits per heavy atom. The third-order valence-electron chi connectivity index (χ3n) is 14.3. The summed E-state index contributed by atoms with van der Waals surface area (Å²) in [5.74, 6) is 3.91. The molecule has 0 radical (unpaired) electrons. The number of para-hydroxylation sites is 3. The zero-order chi connectivity index (χ0) is 53.8. The molecule has 4 aliphatic rings. The Hall–Kier alpha value is -8.40. The number of carbonyl (C=O) groups is 3. The lowest BCUT2D eigenvalue weighted by atomic mass is 9.93. The highest BCUT2D eigenvalue weighted by Gasteiger charge is 2.36. The summed E-state index contributed by atoms with van der Waals surface area (Å²) in [4.78, 5) is 44.2. The average molecular weight is 1070 g/mol. The lowest BCUT2D eigenvalue weighted by Gasteiger charge is -2.31. The van der Waals surface area contributed by atoms with Gasteiger partial charge >= 0.3 is 0 Å². The molecule has 10 rings (SSSR count). The molecular weight excluding hydrogens is 1010 g/mol. The molecule has 0 aromatic heterocycles. The lowest BCUT2D eigenvalue weighted by molar-refractivity contribution is -0.126. The smallest absolute Gasteiger partial charge is 0.243 e. The van der Waals surface area contributed by atoms with Gasteiger partial charge in [-0.15, -0.1) is 0 Å². The molecule has 6 aromatic rings. The summed E-state index contributed by atoms with van der Waals surface area (Å²) in [5.41, 5.74) is 7.96. The van der Waals surface area contributed by atoms with E-state index in [9.17, 15) is 35.8 Å². The van der Waals surface area contributed by atoms with Crippen LogP contribution in [-0.2, 0) is 41.1 Å². The van der Waals surface area contributed by atoms with Gasteiger partial charge in [0, 0.05) is 114 Å². The van der Waals surface area contributed by atoms with Crippen LogP contribution in [0.25, 0.3) is 33.4 Å². The summed E-state index contributed by atoms with van der Waals surface area (Å²) < 4.78 is 77.2. The molecule has 1 atom stereocenters. The van der Waals surface area contributed by atoms with E-state index >= 15 is 0 Å². The molecule has 3 heterocycles. The zero-order valence-electron chi connectivity index (χ0n) is 42.3. The van der Waals surface area contributed by atoms with E-state index in [1.54, 1.807) is 47.4 Å². The molecule has 6 aromatic carbocycles. The standard InChI is InChI=1S/C60H54N6O9S2/c1-63(45-18-5-3-6-19-45)47-27-29-49-53(37-47)75-54-38-48(64(2)46-20-7-4-8-21-46)28-30-50(54)58(49)51-22-12-14-24-55(51)76(70,71)65-35-32-43(33-36-65)59(68)62-39-56(77(72,73)74)60(69)61-34-31-57(67)66-40-44-17-10-9-15-41(44)25-26-42-16-11-13-23-52(42)66/h3-24,27-30,37-38,43,56H,31-36,39-40H2,1-2H3,(H2-,61,62,68,69,72,73,74). The van der Waals surface area contributed by atoms with Gasteiger partial charge in [-0.2, -0.15) is 8.88 Å². The van der Waals surface area contributed by atoms with Crippen LogP contribution in [0.5, 0.6) is 0 Å². The third kappa shape index (κ3) is 11.0. The fourth-order valence-corrected chi connectivity index (χ4v) is 12.3. The fraction of sp³-hybridized carbons (Fsp3) is 0.200. The Labute approximate surface area is 447 Å². The first-order valence-corrected chi connectivity index (χ1v) is 28.1. The van der Waals surface area contributed by atoms with E-state index in [4.69, 9.17) is 4.42 Å². The Balaban J connectivity index is 0.840. The number of benzene rings is 7. The van der Waals surface area contributed by atoms with E-state index in [0.717, 1.165) is 33.5 Å². The summed E-state index contributed by atoms with van der Waals surface area (Å²) in [7, 11) is -5.55. The largest absolute Gasteiger partial charge is 0.747 e. The summed E-state index contributed by atoms with van der Waals surface area (Å²) >= 11 is 0. The fourth-order valence-electron chi connectivity index (χ4n) is 9.98. The molecule has 77 heavy (non-hydrogen) atoms. The maximum Gasteiger partial charge on any atom is 0.243 e. The van der Waals surface area contributed by atoms with Crippen molar-refractivity contribution in [2.75, 3.05) is 50.1 Å². The first kappa shape index (κ1) is 52.1. The molecule has 1 aliphatic carbocycles. The SMILES string of the molecule is CN(c1ccccc1)c1ccc2c(-c3ccccc3S(=O)(=O)N3CCC(C(=O)NCC(C(=O)NCCC(=O)N4Cc5ccccc5C#Cc5ccccc54)S(=O)(=O)[O-])CC3)c3ccc(=[N+](C)c4ccccc4)cc-3oc2c1. The molecule has 1 fully saturated rings. The van der Waals surface area contributed by atoms with E-state index in [-0.39, 0.29) is 56.2 Å². The number of hydrogen-bond donors (Lipinski definition) is 2. The molecular formula is C60H54N6O9S2. The number of rotatable bonds is 14. The van der Waals surface area contributed by atoms with Crippen LogP contribution in [-0.4, -0.2) is 88.9 Å². The van der Waals surface area contributed by atoms with Crippen LogP contribution in [0.2, 0.25) is 0 Å². The minimum absolute atomic E-state index is 0.0395. The number of carbonyl (C=O) groups excluding carboxylic acids is 3. The van der Waals surface area contributed by atoms with Gasteiger partial charge in [-0.05, 0) is 73.0 Å². The van der Waals surface area contributed by atoms with E-state index in [1.807, 2.05) is 151 Å². The molecule has 1 saturated heterocycles. The number of sulfonamides is 1. The third-order valence-corrected chi connectivity index (χ3v) is 17.3. The first-order valence-electron chi connectivity index (χ1n) is 25.2. The van der Waals surface area contributed by atoms with Gasteiger partial charge in [0.15, 0.2) is 0 Å². The van der Waals surface area contributed by atoms with Crippen molar-refractivity contribution in [3.05, 3.63) is 192 Å². The molecule has 1 unspecified atom stereocenters. The number of nitrogens with zero attached hydrogens (tertiary/aromatic N) is 4. The highest BCUT2D eigenvalue weighted by Crippen LogP contribution is 2.44. The summed E-state index contributed by atoms with van der Waals surface area (Å²) in [6.45, 7) is -0.971. The minimum atomic E-state index is -5.28. The molecule has 3 amide bonds. The molecule has 0 bridgehead atoms. The van der Waals surface area contributed by atoms with Crippen LogP contribution in [0.4, 0.5) is 22.7 Å². The minimum Gasteiger partial charge on any atom is -0.747 e. The number of fused-ring (bicyclic) bond motifs is 4. The quantitative estimate of drug-likeness (QED) is 0.0475. The maximum absolute atomic E-state index is 14.9. The number of nitrogens with one attached hydrogen (secondary N) is 2. The van der Waals surface area contributed by atoms with Crippen molar-refractivity contribution in [3.8, 4) is 34.3 Å². The predicted molar refractivity (Wildman–Crippen MR) is 296 cm³/mol. The number of anilines is 3. The second kappa shape index (κ2) is 22.1. The van der Waals surface area contributed by atoms with Crippen molar-refractivity contribution < 1.29 is 40.2 Å². The van der Waals surface area contributed by atoms with Gasteiger partial charge < -0.3 is 29.4 Å². The number of piperidine rings is 1. The Kier molecular flexibility index (Phi) is 14.9. The van der Waals surface area contributed by atoms with Gasteiger partial charge in [0.1, 0.15) is 33.8 Å². The Morgan fingerprint density at radius 2 is 1.40 bits per heavy atom. The first-order chi connectivity index (χ1) is 37.2. The summed E-state index contributed by atoms with van der Waals surface area (Å²) in [6, 6.07) is 53.0. The van der Waals surface area contributed by atoms with E-state index in [2.05, 4.69) is 22.5 Å². The van der Waals surface area contributed by atoms with E-state index < -0.39 is 49.7 Å². The van der Waals surface area contributed by atoms with Crippen molar-refractivity contribution in [3.63, 3.8) is 0 Å². The van der Waals surface area contributed by atoms with Crippen molar-refractivity contribution in [2.45, 2.75) is 36.0 Å². The topological polar surface area (TPSA) is 192 Å². The maximum atomic E-state index is 14.9. The van der Waals surface area contributed by atoms with Crippen LogP contribution in [0, 0.1) is 17.8 Å². The van der Waals surface area contributed by atoms with Crippen LogP contribution < -0.4 is 30.4 Å². The zero-order valence-corrected chi connectivity index (χ0v) is 43.9. The molecule has 0 spiro atoms. The highest BCUT2D eigenvalue weighted by atomic mass is 32.2. The van der Waals surface area contributed by atoms with Crippen molar-refractivity contribution in [1.29, 1.82) is 0 Å². The van der Waals surface area contributed by atoms with Crippen molar-refractivity contribution >= 4 is 71.6 Å². The molecule has 15 nitrogen and oxygen atoms in total. The molecule has 2 N–H and O–H groups in total. The van der Waals surface area contributed by atoms with Crippen molar-refractivity contribution in [2.24, 2.45) is 5.92 Å². The summed E-state index contributed by atoms with van der Waals surface area (Å²) in [6.07, 6.45) is -0.0648. The van der Waals surface area contributed by atoms with Crippen LogP contribution in [0.15, 0.2) is 179 Å². The second-order valence-electron chi connectivity index (χ2n) is 19.0. The molecule has 390 valence electrons. The normalized spacial score (nSPS) is 14.7.